The largest absolute Gasteiger partial charge is 1.00 e. The third-order valence-corrected chi connectivity index (χ3v) is 4.18. The maximum atomic E-state index is 12.1. The molecule has 0 radical (unpaired) electrons. The molecule has 1 amide bonds. The fourth-order valence-corrected chi connectivity index (χ4v) is 3.23. The molecule has 4 nitrogen and oxygen atoms in total. The zero-order valence-electron chi connectivity index (χ0n) is 10.4. The van der Waals surface area contributed by atoms with E-state index >= 15 is 0 Å². The normalized spacial score (nSPS) is 37.2. The van der Waals surface area contributed by atoms with Crippen LogP contribution >= 0.6 is 12.2 Å². The van der Waals surface area contributed by atoms with Crippen molar-refractivity contribution in [1.82, 2.24) is 5.32 Å². The van der Waals surface area contributed by atoms with Crippen molar-refractivity contribution in [2.24, 2.45) is 22.2 Å². The first-order valence-electron chi connectivity index (χ1n) is 5.61. The van der Waals surface area contributed by atoms with Gasteiger partial charge in [0.25, 0.3) is 0 Å². The summed E-state index contributed by atoms with van der Waals surface area (Å²) < 4.78 is 0. The molecule has 1 spiro atoms. The van der Waals surface area contributed by atoms with Crippen LogP contribution in [0.25, 0.3) is 0 Å². The van der Waals surface area contributed by atoms with Gasteiger partial charge in [-0.25, -0.2) is 4.99 Å². The van der Waals surface area contributed by atoms with Crippen molar-refractivity contribution >= 4 is 29.1 Å². The van der Waals surface area contributed by atoms with E-state index in [0.717, 1.165) is 19.3 Å². The van der Waals surface area contributed by atoms with Gasteiger partial charge >= 0.3 is 29.6 Å². The summed E-state index contributed by atoms with van der Waals surface area (Å²) in [6, 6.07) is 0. The molecule has 2 unspecified atom stereocenters. The van der Waals surface area contributed by atoms with Crippen LogP contribution in [-0.2, 0) is 4.79 Å². The summed E-state index contributed by atoms with van der Waals surface area (Å²) in [4.78, 5) is 15.9. The fourth-order valence-electron chi connectivity index (χ4n) is 3.05. The molecule has 17 heavy (non-hydrogen) atoms. The fraction of sp³-hybridized carbons (Fsp3) is 0.727. The molecule has 1 heterocycles. The van der Waals surface area contributed by atoms with Gasteiger partial charge in [-0.05, 0) is 42.8 Å². The molecule has 1 fully saturated rings. The van der Waals surface area contributed by atoms with Crippen LogP contribution in [0.1, 0.15) is 33.1 Å². The Kier molecular flexibility index (Phi) is 4.74. The molecule has 2 atom stereocenters. The first-order chi connectivity index (χ1) is 7.49. The Morgan fingerprint density at radius 3 is 2.41 bits per heavy atom. The summed E-state index contributed by atoms with van der Waals surface area (Å²) >= 11 is 4.77. The number of carbonyl (C=O) groups is 1. The SMILES string of the molecule is CC1CCCC(C)C12C(=O)NC(=S)N=C2[O-].[Na+]. The second-order valence-corrected chi connectivity index (χ2v) is 5.16. The van der Waals surface area contributed by atoms with Crippen molar-refractivity contribution in [1.29, 1.82) is 0 Å². The monoisotopic (exact) mass is 262 g/mol. The van der Waals surface area contributed by atoms with E-state index < -0.39 is 5.41 Å². The molecule has 0 aromatic heterocycles. The van der Waals surface area contributed by atoms with E-state index in [2.05, 4.69) is 10.3 Å². The van der Waals surface area contributed by atoms with E-state index in [1.54, 1.807) is 0 Å². The van der Waals surface area contributed by atoms with Crippen molar-refractivity contribution < 1.29 is 39.5 Å². The Hall–Kier alpha value is 0.0300. The average Bonchev–Trinajstić information content (AvgIpc) is 2.15. The summed E-state index contributed by atoms with van der Waals surface area (Å²) in [5.74, 6) is -0.524. The molecule has 1 aliphatic carbocycles. The van der Waals surface area contributed by atoms with Gasteiger partial charge in [-0.1, -0.05) is 20.3 Å². The topological polar surface area (TPSA) is 64.5 Å². The number of hydrogen-bond donors (Lipinski definition) is 1. The van der Waals surface area contributed by atoms with Gasteiger partial charge in [0.15, 0.2) is 5.11 Å². The molecule has 0 bridgehead atoms. The number of thiocarbonyl (C=S) groups is 1. The van der Waals surface area contributed by atoms with Crippen LogP contribution in [0, 0.1) is 17.3 Å². The second-order valence-electron chi connectivity index (χ2n) is 4.78. The van der Waals surface area contributed by atoms with E-state index in [9.17, 15) is 9.90 Å². The molecule has 88 valence electrons. The first-order valence-corrected chi connectivity index (χ1v) is 6.02. The summed E-state index contributed by atoms with van der Waals surface area (Å²) in [6.07, 6.45) is 2.85. The van der Waals surface area contributed by atoms with E-state index in [1.165, 1.54) is 0 Å². The van der Waals surface area contributed by atoms with Crippen LogP contribution in [0.2, 0.25) is 0 Å². The smallest absolute Gasteiger partial charge is 0.861 e. The zero-order valence-corrected chi connectivity index (χ0v) is 13.3. The molecule has 1 aliphatic heterocycles. The Bertz CT molecular complexity index is 374. The molecule has 0 saturated heterocycles. The number of nitrogens with one attached hydrogen (secondary N) is 1. The van der Waals surface area contributed by atoms with Crippen LogP contribution < -0.4 is 40.0 Å². The van der Waals surface area contributed by atoms with Gasteiger partial charge in [0, 0.05) is 0 Å². The van der Waals surface area contributed by atoms with Crippen molar-refractivity contribution in [2.75, 3.05) is 0 Å². The first kappa shape index (κ1) is 15.1. The number of rotatable bonds is 0. The number of amides is 1. The molecular weight excluding hydrogens is 247 g/mol. The average molecular weight is 262 g/mol. The minimum absolute atomic E-state index is 0. The summed E-state index contributed by atoms with van der Waals surface area (Å²) in [5.41, 5.74) is -0.972. The minimum atomic E-state index is -0.972. The van der Waals surface area contributed by atoms with Gasteiger partial charge < -0.3 is 10.4 Å². The van der Waals surface area contributed by atoms with Crippen molar-refractivity contribution in [3.8, 4) is 0 Å². The second kappa shape index (κ2) is 5.34. The van der Waals surface area contributed by atoms with Crippen LogP contribution in [0.5, 0.6) is 0 Å². The van der Waals surface area contributed by atoms with Crippen LogP contribution in [-0.4, -0.2) is 16.9 Å². The standard InChI is InChI=1S/C11H16N2O2S.Na/c1-6-4-3-5-7(2)11(6)8(14)12-10(16)13-9(11)15;/h6-7H,3-5H2,1-2H3,(H2,12,13,14,15,16);/q;+1/p-1. The predicted octanol–water partition coefficient (Wildman–Crippen LogP) is -2.39. The van der Waals surface area contributed by atoms with Gasteiger partial charge in [0.1, 0.15) is 0 Å². The predicted molar refractivity (Wildman–Crippen MR) is 62.8 cm³/mol. The maximum absolute atomic E-state index is 12.1. The molecular formula is C11H15N2NaO2S. The molecule has 1 N–H and O–H groups in total. The van der Waals surface area contributed by atoms with Crippen LogP contribution in [0.3, 0.4) is 0 Å². The van der Waals surface area contributed by atoms with Crippen LogP contribution in [0.4, 0.5) is 0 Å². The Labute approximate surface area is 129 Å². The Balaban J connectivity index is 0.00000144. The quantitative estimate of drug-likeness (QED) is 0.391. The zero-order chi connectivity index (χ0) is 11.9. The van der Waals surface area contributed by atoms with Gasteiger partial charge in [-0.2, -0.15) is 0 Å². The Morgan fingerprint density at radius 1 is 1.41 bits per heavy atom. The van der Waals surface area contributed by atoms with Crippen molar-refractivity contribution in [3.63, 3.8) is 0 Å². The molecule has 1 saturated carbocycles. The summed E-state index contributed by atoms with van der Waals surface area (Å²) in [7, 11) is 0. The van der Waals surface area contributed by atoms with Crippen molar-refractivity contribution in [2.45, 2.75) is 33.1 Å². The maximum Gasteiger partial charge on any atom is 1.00 e. The molecule has 2 rings (SSSR count). The van der Waals surface area contributed by atoms with E-state index in [-0.39, 0.29) is 58.3 Å². The molecule has 6 heteroatoms. The van der Waals surface area contributed by atoms with E-state index in [4.69, 9.17) is 12.2 Å². The number of nitrogens with zero attached hydrogens (tertiary/aromatic N) is 1. The molecule has 2 aliphatic rings. The number of aliphatic imine (C=N–C) groups is 1. The molecule has 0 aromatic rings. The number of hydrogen-bond acceptors (Lipinski definition) is 3. The van der Waals surface area contributed by atoms with Gasteiger partial charge in [0.2, 0.25) is 5.91 Å². The van der Waals surface area contributed by atoms with Crippen LogP contribution in [0.15, 0.2) is 4.99 Å². The summed E-state index contributed by atoms with van der Waals surface area (Å²) in [5, 5.41) is 14.6. The van der Waals surface area contributed by atoms with E-state index in [1.807, 2.05) is 13.8 Å². The minimum Gasteiger partial charge on any atom is -0.861 e. The van der Waals surface area contributed by atoms with Gasteiger partial charge in [-0.3, -0.25) is 4.79 Å². The van der Waals surface area contributed by atoms with Crippen molar-refractivity contribution in [3.05, 3.63) is 0 Å². The van der Waals surface area contributed by atoms with E-state index in [0.29, 0.717) is 0 Å². The third-order valence-electron chi connectivity index (χ3n) is 3.98. The Morgan fingerprint density at radius 2 is 1.94 bits per heavy atom. The van der Waals surface area contributed by atoms with Gasteiger partial charge in [-0.15, -0.1) is 0 Å². The molecule has 0 aromatic carbocycles. The summed E-state index contributed by atoms with van der Waals surface area (Å²) in [6.45, 7) is 3.91. The number of carbonyl (C=O) groups excluding carboxylic acids is 1. The third kappa shape index (κ3) is 2.18. The van der Waals surface area contributed by atoms with Gasteiger partial charge in [0.05, 0.1) is 5.41 Å².